The third-order valence-electron chi connectivity index (χ3n) is 4.78. The van der Waals surface area contributed by atoms with Crippen LogP contribution in [0.3, 0.4) is 0 Å². The third-order valence-corrected chi connectivity index (χ3v) is 4.78. The lowest BCUT2D eigenvalue weighted by Crippen LogP contribution is -2.33. The molecule has 2 saturated carbocycles. The van der Waals surface area contributed by atoms with Gasteiger partial charge in [-0.05, 0) is 54.6 Å². The van der Waals surface area contributed by atoms with E-state index >= 15 is 0 Å². The molecular formula is C16H24N2. The monoisotopic (exact) mass is 244 g/mol. The second kappa shape index (κ2) is 5.02. The van der Waals surface area contributed by atoms with E-state index in [1.54, 1.807) is 0 Å². The van der Waals surface area contributed by atoms with Crippen LogP contribution in [0.1, 0.15) is 49.8 Å². The first-order chi connectivity index (χ1) is 8.81. The molecule has 0 aliphatic heterocycles. The Bertz CT molecular complexity index is 405. The Balaban J connectivity index is 1.75. The highest BCUT2D eigenvalue weighted by atomic mass is 15.2. The molecule has 0 heterocycles. The lowest BCUT2D eigenvalue weighted by Gasteiger charge is -2.25. The van der Waals surface area contributed by atoms with Crippen molar-refractivity contribution in [3.8, 4) is 0 Å². The molecule has 2 nitrogen and oxygen atoms in total. The second-order valence-corrected chi connectivity index (χ2v) is 6.13. The number of nitrogens with one attached hydrogen (secondary N) is 1. The van der Waals surface area contributed by atoms with Gasteiger partial charge in [-0.15, -0.1) is 0 Å². The minimum absolute atomic E-state index is 0.356. The van der Waals surface area contributed by atoms with Crippen molar-refractivity contribution in [3.63, 3.8) is 0 Å². The maximum Gasteiger partial charge on any atom is 0.0488 e. The topological polar surface area (TPSA) is 38.0 Å². The highest BCUT2D eigenvalue weighted by Crippen LogP contribution is 2.57. The summed E-state index contributed by atoms with van der Waals surface area (Å²) in [7, 11) is 0. The largest absolute Gasteiger partial charge is 0.271 e. The van der Waals surface area contributed by atoms with Gasteiger partial charge in [0.05, 0.1) is 0 Å². The van der Waals surface area contributed by atoms with Gasteiger partial charge in [-0.2, -0.15) is 0 Å². The standard InChI is InChI=1S/C16H24N2/c1-2-4-11-5-3-6-12(7-11)16(18-17)15-9-13-8-14(13)10-15/h3,5-7,13-16,18H,2,4,8-10,17H2,1H3. The van der Waals surface area contributed by atoms with E-state index < -0.39 is 0 Å². The molecule has 18 heavy (non-hydrogen) atoms. The Labute approximate surface area is 110 Å². The first-order valence-corrected chi connectivity index (χ1v) is 7.36. The van der Waals surface area contributed by atoms with Gasteiger partial charge in [-0.3, -0.25) is 11.3 Å². The average molecular weight is 244 g/mol. The fraction of sp³-hybridized carbons (Fsp3) is 0.625. The zero-order valence-electron chi connectivity index (χ0n) is 11.2. The molecule has 1 aromatic carbocycles. The molecule has 0 radical (unpaired) electrons. The molecule has 2 heteroatoms. The van der Waals surface area contributed by atoms with Crippen LogP contribution >= 0.6 is 0 Å². The van der Waals surface area contributed by atoms with Gasteiger partial charge in [-0.1, -0.05) is 37.6 Å². The number of hydrazine groups is 1. The van der Waals surface area contributed by atoms with Gasteiger partial charge in [0.1, 0.15) is 0 Å². The molecule has 0 aromatic heterocycles. The summed E-state index contributed by atoms with van der Waals surface area (Å²) in [6.45, 7) is 2.23. The summed E-state index contributed by atoms with van der Waals surface area (Å²) in [6.07, 6.45) is 6.59. The molecule has 3 unspecified atom stereocenters. The van der Waals surface area contributed by atoms with Crippen molar-refractivity contribution in [2.75, 3.05) is 0 Å². The third kappa shape index (κ3) is 2.32. The normalized spacial score (nSPS) is 31.1. The summed E-state index contributed by atoms with van der Waals surface area (Å²) in [5, 5.41) is 0. The minimum atomic E-state index is 0.356. The Morgan fingerprint density at radius 2 is 2.06 bits per heavy atom. The molecular weight excluding hydrogens is 220 g/mol. The predicted molar refractivity (Wildman–Crippen MR) is 74.8 cm³/mol. The highest BCUT2D eigenvalue weighted by Gasteiger charge is 2.47. The van der Waals surface area contributed by atoms with E-state index in [4.69, 9.17) is 5.84 Å². The van der Waals surface area contributed by atoms with Crippen LogP contribution in [0.5, 0.6) is 0 Å². The zero-order chi connectivity index (χ0) is 12.5. The first-order valence-electron chi connectivity index (χ1n) is 7.36. The molecule has 2 fully saturated rings. The highest BCUT2D eigenvalue weighted by molar-refractivity contribution is 5.27. The molecule has 3 atom stereocenters. The van der Waals surface area contributed by atoms with Crippen LogP contribution in [0.15, 0.2) is 24.3 Å². The number of nitrogens with two attached hydrogens (primary N) is 1. The molecule has 2 aliphatic rings. The van der Waals surface area contributed by atoms with Gasteiger partial charge < -0.3 is 0 Å². The number of benzene rings is 1. The van der Waals surface area contributed by atoms with Crippen molar-refractivity contribution in [1.82, 2.24) is 5.43 Å². The van der Waals surface area contributed by atoms with E-state index in [1.807, 2.05) is 0 Å². The van der Waals surface area contributed by atoms with Crippen molar-refractivity contribution in [2.24, 2.45) is 23.6 Å². The molecule has 0 bridgehead atoms. The van der Waals surface area contributed by atoms with Crippen LogP contribution < -0.4 is 11.3 Å². The fourth-order valence-electron chi connectivity index (χ4n) is 3.77. The summed E-state index contributed by atoms with van der Waals surface area (Å²) >= 11 is 0. The number of hydrogen-bond donors (Lipinski definition) is 2. The van der Waals surface area contributed by atoms with E-state index in [0.717, 1.165) is 17.8 Å². The van der Waals surface area contributed by atoms with Crippen LogP contribution in [-0.4, -0.2) is 0 Å². The van der Waals surface area contributed by atoms with E-state index in [9.17, 15) is 0 Å². The van der Waals surface area contributed by atoms with Crippen LogP contribution in [-0.2, 0) is 6.42 Å². The van der Waals surface area contributed by atoms with Crippen LogP contribution in [0.25, 0.3) is 0 Å². The maximum atomic E-state index is 5.82. The summed E-state index contributed by atoms with van der Waals surface area (Å²) < 4.78 is 0. The molecule has 1 aromatic rings. The summed E-state index contributed by atoms with van der Waals surface area (Å²) in [4.78, 5) is 0. The minimum Gasteiger partial charge on any atom is -0.271 e. The summed E-state index contributed by atoms with van der Waals surface area (Å²) in [5.74, 6) is 8.60. The van der Waals surface area contributed by atoms with E-state index in [2.05, 4.69) is 36.6 Å². The van der Waals surface area contributed by atoms with Crippen molar-refractivity contribution in [3.05, 3.63) is 35.4 Å². The van der Waals surface area contributed by atoms with Crippen LogP contribution in [0.2, 0.25) is 0 Å². The van der Waals surface area contributed by atoms with E-state index in [1.165, 1.54) is 43.2 Å². The van der Waals surface area contributed by atoms with E-state index in [0.29, 0.717) is 6.04 Å². The molecule has 3 N–H and O–H groups in total. The number of rotatable bonds is 5. The summed E-state index contributed by atoms with van der Waals surface area (Å²) in [6, 6.07) is 9.34. The van der Waals surface area contributed by atoms with Gasteiger partial charge in [0.2, 0.25) is 0 Å². The Morgan fingerprint density at radius 3 is 2.72 bits per heavy atom. The molecule has 0 spiro atoms. The van der Waals surface area contributed by atoms with E-state index in [-0.39, 0.29) is 0 Å². The Hall–Kier alpha value is -0.860. The van der Waals surface area contributed by atoms with Crippen molar-refractivity contribution in [1.29, 1.82) is 0 Å². The average Bonchev–Trinajstić information content (AvgIpc) is 2.99. The molecule has 0 amide bonds. The van der Waals surface area contributed by atoms with Gasteiger partial charge in [0.25, 0.3) is 0 Å². The maximum absolute atomic E-state index is 5.82. The zero-order valence-corrected chi connectivity index (χ0v) is 11.2. The lowest BCUT2D eigenvalue weighted by molar-refractivity contribution is 0.345. The van der Waals surface area contributed by atoms with Gasteiger partial charge in [0.15, 0.2) is 0 Å². The second-order valence-electron chi connectivity index (χ2n) is 6.13. The van der Waals surface area contributed by atoms with Crippen molar-refractivity contribution in [2.45, 2.75) is 45.1 Å². The molecule has 0 saturated heterocycles. The SMILES string of the molecule is CCCc1cccc(C(NN)C2CC3CC3C2)c1. The number of fused-ring (bicyclic) bond motifs is 1. The quantitative estimate of drug-likeness (QED) is 0.616. The molecule has 98 valence electrons. The Kier molecular flexibility index (Phi) is 3.40. The number of hydrogen-bond acceptors (Lipinski definition) is 2. The van der Waals surface area contributed by atoms with Crippen LogP contribution in [0, 0.1) is 17.8 Å². The van der Waals surface area contributed by atoms with Crippen molar-refractivity contribution >= 4 is 0 Å². The fourth-order valence-corrected chi connectivity index (χ4v) is 3.77. The van der Waals surface area contributed by atoms with Crippen molar-refractivity contribution < 1.29 is 0 Å². The molecule has 2 aliphatic carbocycles. The van der Waals surface area contributed by atoms with Crippen LogP contribution in [0.4, 0.5) is 0 Å². The first kappa shape index (κ1) is 12.2. The van der Waals surface area contributed by atoms with Gasteiger partial charge >= 0.3 is 0 Å². The molecule has 3 rings (SSSR count). The smallest absolute Gasteiger partial charge is 0.0488 e. The van der Waals surface area contributed by atoms with Gasteiger partial charge in [-0.25, -0.2) is 0 Å². The summed E-state index contributed by atoms with van der Waals surface area (Å²) in [5.41, 5.74) is 5.90. The van der Waals surface area contributed by atoms with Gasteiger partial charge in [0, 0.05) is 6.04 Å². The predicted octanol–water partition coefficient (Wildman–Crippen LogP) is 3.19. The Morgan fingerprint density at radius 1 is 1.28 bits per heavy atom. The number of aryl methyl sites for hydroxylation is 1. The lowest BCUT2D eigenvalue weighted by atomic mass is 9.88.